The fraction of sp³-hybridized carbons (Fsp3) is 0.750. The van der Waals surface area contributed by atoms with Crippen molar-refractivity contribution in [1.82, 2.24) is 9.88 Å². The van der Waals surface area contributed by atoms with E-state index in [0.717, 1.165) is 31.6 Å². The lowest BCUT2D eigenvalue weighted by molar-refractivity contribution is 0.0619. The van der Waals surface area contributed by atoms with Gasteiger partial charge in [0.2, 0.25) is 0 Å². The van der Waals surface area contributed by atoms with Gasteiger partial charge in [0.25, 0.3) is 0 Å². The monoisotopic (exact) mass is 252 g/mol. The predicted molar refractivity (Wildman–Crippen MR) is 71.5 cm³/mol. The molecule has 0 aromatic carbocycles. The highest BCUT2D eigenvalue weighted by molar-refractivity contribution is 7.13. The first kappa shape index (κ1) is 11.4. The number of nitrogens with two attached hydrogens (primary N) is 1. The third-order valence-electron chi connectivity index (χ3n) is 4.15. The first-order chi connectivity index (χ1) is 8.38. The van der Waals surface area contributed by atoms with Gasteiger partial charge in [-0.1, -0.05) is 0 Å². The second-order valence-corrected chi connectivity index (χ2v) is 5.85. The standard InChI is InChI=1S/C12H20N4S/c13-9-10-1-2-11(10)15-4-6-16(7-5-15)12-14-3-8-17-12/h3,8,10-11H,1-2,4-7,9,13H2. The zero-order valence-electron chi connectivity index (χ0n) is 10.1. The van der Waals surface area contributed by atoms with E-state index in [0.29, 0.717) is 0 Å². The molecule has 94 valence electrons. The number of nitrogens with zero attached hydrogens (tertiary/aromatic N) is 3. The summed E-state index contributed by atoms with van der Waals surface area (Å²) < 4.78 is 0. The quantitative estimate of drug-likeness (QED) is 0.872. The van der Waals surface area contributed by atoms with Gasteiger partial charge in [-0.3, -0.25) is 4.90 Å². The van der Waals surface area contributed by atoms with Crippen molar-refractivity contribution in [1.29, 1.82) is 0 Å². The molecule has 1 saturated carbocycles. The van der Waals surface area contributed by atoms with Gasteiger partial charge in [0.05, 0.1) is 0 Å². The van der Waals surface area contributed by atoms with Gasteiger partial charge in [0, 0.05) is 43.8 Å². The maximum absolute atomic E-state index is 5.79. The number of aromatic nitrogens is 1. The molecular formula is C12H20N4S. The van der Waals surface area contributed by atoms with Gasteiger partial charge in [0.1, 0.15) is 0 Å². The summed E-state index contributed by atoms with van der Waals surface area (Å²) in [5.74, 6) is 0.751. The lowest BCUT2D eigenvalue weighted by Gasteiger charge is -2.47. The first-order valence-corrected chi connectivity index (χ1v) is 7.35. The molecule has 0 amide bonds. The van der Waals surface area contributed by atoms with Crippen molar-refractivity contribution in [2.24, 2.45) is 11.7 Å². The average Bonchev–Trinajstić information content (AvgIpc) is 2.83. The van der Waals surface area contributed by atoms with Crippen molar-refractivity contribution in [2.45, 2.75) is 18.9 Å². The second-order valence-electron chi connectivity index (χ2n) is 4.98. The Labute approximate surface area is 106 Å². The van der Waals surface area contributed by atoms with Crippen LogP contribution < -0.4 is 10.6 Å². The minimum absolute atomic E-state index is 0.751. The normalized spacial score (nSPS) is 30.3. The number of piperazine rings is 1. The molecule has 5 heteroatoms. The van der Waals surface area contributed by atoms with Gasteiger partial charge in [-0.25, -0.2) is 4.98 Å². The average molecular weight is 252 g/mol. The highest BCUT2D eigenvalue weighted by Crippen LogP contribution is 2.32. The number of rotatable bonds is 3. The van der Waals surface area contributed by atoms with E-state index in [1.165, 1.54) is 31.1 Å². The van der Waals surface area contributed by atoms with E-state index >= 15 is 0 Å². The zero-order valence-corrected chi connectivity index (χ0v) is 10.9. The highest BCUT2D eigenvalue weighted by atomic mass is 32.1. The van der Waals surface area contributed by atoms with Crippen LogP contribution in [0.25, 0.3) is 0 Å². The van der Waals surface area contributed by atoms with Crippen LogP contribution in [-0.4, -0.2) is 48.6 Å². The Bertz CT molecular complexity index is 343. The summed E-state index contributed by atoms with van der Waals surface area (Å²) in [4.78, 5) is 9.41. The molecule has 1 aliphatic heterocycles. The molecule has 2 heterocycles. The Hall–Kier alpha value is -0.650. The summed E-state index contributed by atoms with van der Waals surface area (Å²) in [7, 11) is 0. The molecule has 1 aromatic rings. The van der Waals surface area contributed by atoms with E-state index in [2.05, 4.69) is 20.2 Å². The van der Waals surface area contributed by atoms with Crippen LogP contribution in [0.3, 0.4) is 0 Å². The molecule has 0 spiro atoms. The molecule has 1 aliphatic carbocycles. The molecule has 2 atom stereocenters. The van der Waals surface area contributed by atoms with Crippen molar-refractivity contribution in [3.8, 4) is 0 Å². The molecular weight excluding hydrogens is 232 g/mol. The molecule has 2 N–H and O–H groups in total. The Morgan fingerprint density at radius 1 is 1.29 bits per heavy atom. The van der Waals surface area contributed by atoms with Crippen LogP contribution in [0.2, 0.25) is 0 Å². The lowest BCUT2D eigenvalue weighted by Crippen LogP contribution is -2.56. The maximum Gasteiger partial charge on any atom is 0.185 e. The van der Waals surface area contributed by atoms with Crippen LogP contribution in [0, 0.1) is 5.92 Å². The van der Waals surface area contributed by atoms with Crippen molar-refractivity contribution in [2.75, 3.05) is 37.6 Å². The van der Waals surface area contributed by atoms with E-state index < -0.39 is 0 Å². The van der Waals surface area contributed by atoms with Crippen LogP contribution in [0.5, 0.6) is 0 Å². The zero-order chi connectivity index (χ0) is 11.7. The maximum atomic E-state index is 5.79. The number of hydrogen-bond donors (Lipinski definition) is 1. The minimum atomic E-state index is 0.751. The third kappa shape index (κ3) is 2.19. The fourth-order valence-corrected chi connectivity index (χ4v) is 3.62. The largest absolute Gasteiger partial charge is 0.346 e. The Morgan fingerprint density at radius 3 is 2.65 bits per heavy atom. The van der Waals surface area contributed by atoms with Gasteiger partial charge in [-0.2, -0.15) is 0 Å². The molecule has 4 nitrogen and oxygen atoms in total. The Morgan fingerprint density at radius 2 is 2.12 bits per heavy atom. The van der Waals surface area contributed by atoms with Crippen molar-refractivity contribution in [3.63, 3.8) is 0 Å². The van der Waals surface area contributed by atoms with Gasteiger partial charge in [-0.05, 0) is 25.3 Å². The number of anilines is 1. The fourth-order valence-electron chi connectivity index (χ4n) is 2.92. The smallest absolute Gasteiger partial charge is 0.185 e. The van der Waals surface area contributed by atoms with Gasteiger partial charge in [0.15, 0.2) is 5.13 Å². The molecule has 2 unspecified atom stereocenters. The van der Waals surface area contributed by atoms with Gasteiger partial charge in [-0.15, -0.1) is 11.3 Å². The van der Waals surface area contributed by atoms with E-state index in [4.69, 9.17) is 5.73 Å². The molecule has 2 aliphatic rings. The summed E-state index contributed by atoms with van der Waals surface area (Å²) in [6.07, 6.45) is 4.57. The SMILES string of the molecule is NCC1CCC1N1CCN(c2nccs2)CC1. The van der Waals surface area contributed by atoms with Crippen LogP contribution in [0.4, 0.5) is 5.13 Å². The molecule has 1 saturated heterocycles. The molecule has 3 rings (SSSR count). The topological polar surface area (TPSA) is 45.4 Å². The van der Waals surface area contributed by atoms with Crippen molar-refractivity contribution >= 4 is 16.5 Å². The molecule has 1 aromatic heterocycles. The van der Waals surface area contributed by atoms with Gasteiger partial charge >= 0.3 is 0 Å². The summed E-state index contributed by atoms with van der Waals surface area (Å²) in [5, 5.41) is 3.23. The Kier molecular flexibility index (Phi) is 3.31. The van der Waals surface area contributed by atoms with Crippen molar-refractivity contribution < 1.29 is 0 Å². The highest BCUT2D eigenvalue weighted by Gasteiger charge is 2.35. The summed E-state index contributed by atoms with van der Waals surface area (Å²) in [6.45, 7) is 5.42. The second kappa shape index (κ2) is 4.92. The van der Waals surface area contributed by atoms with E-state index in [9.17, 15) is 0 Å². The van der Waals surface area contributed by atoms with Crippen molar-refractivity contribution in [3.05, 3.63) is 11.6 Å². The first-order valence-electron chi connectivity index (χ1n) is 6.47. The van der Waals surface area contributed by atoms with Crippen LogP contribution in [0.1, 0.15) is 12.8 Å². The molecule has 2 fully saturated rings. The van der Waals surface area contributed by atoms with E-state index in [1.54, 1.807) is 11.3 Å². The third-order valence-corrected chi connectivity index (χ3v) is 4.99. The lowest BCUT2D eigenvalue weighted by atomic mass is 9.78. The Balaban J connectivity index is 1.54. The minimum Gasteiger partial charge on any atom is -0.346 e. The molecule has 17 heavy (non-hydrogen) atoms. The van der Waals surface area contributed by atoms with Crippen LogP contribution >= 0.6 is 11.3 Å². The molecule has 0 bridgehead atoms. The summed E-state index contributed by atoms with van der Waals surface area (Å²) in [5.41, 5.74) is 5.79. The van der Waals surface area contributed by atoms with E-state index in [-0.39, 0.29) is 0 Å². The van der Waals surface area contributed by atoms with E-state index in [1.807, 2.05) is 6.20 Å². The number of hydrogen-bond acceptors (Lipinski definition) is 5. The van der Waals surface area contributed by atoms with Crippen LogP contribution in [-0.2, 0) is 0 Å². The summed E-state index contributed by atoms with van der Waals surface area (Å²) in [6, 6.07) is 0.762. The summed E-state index contributed by atoms with van der Waals surface area (Å²) >= 11 is 1.74. The van der Waals surface area contributed by atoms with Crippen LogP contribution in [0.15, 0.2) is 11.6 Å². The number of thiazole rings is 1. The van der Waals surface area contributed by atoms with Gasteiger partial charge < -0.3 is 10.6 Å². The molecule has 0 radical (unpaired) electrons. The predicted octanol–water partition coefficient (Wildman–Crippen LogP) is 1.00.